The average Bonchev–Trinajstić information content (AvgIpc) is 3.10. The summed E-state index contributed by atoms with van der Waals surface area (Å²) in [7, 11) is 0. The van der Waals surface area contributed by atoms with Gasteiger partial charge < -0.3 is 9.40 Å². The molecule has 0 atom stereocenters. The van der Waals surface area contributed by atoms with E-state index in [1.807, 2.05) is 24.3 Å². The van der Waals surface area contributed by atoms with Gasteiger partial charge in [0.25, 0.3) is 0 Å². The fraction of sp³-hybridized carbons (Fsp3) is 0.143. The Morgan fingerprint density at radius 3 is 2.95 bits per heavy atom. The summed E-state index contributed by atoms with van der Waals surface area (Å²) in [4.78, 5) is 19.3. The first kappa shape index (κ1) is 12.3. The van der Waals surface area contributed by atoms with Crippen LogP contribution in [0.15, 0.2) is 35.3 Å². The normalized spacial score (nSPS) is 10.8. The number of Topliss-reactive ketones (excluding diaryl/α,β-unsaturated/α-hetero) is 1. The topological polar surface area (TPSA) is 84.7 Å². The van der Waals surface area contributed by atoms with Crippen LogP contribution in [0.1, 0.15) is 28.8 Å². The Morgan fingerprint density at radius 2 is 2.20 bits per heavy atom. The molecule has 0 spiro atoms. The SMILES string of the molecule is C=Cc1nnc(CCC(=O)c2nc3ccccc3[nH]2)o1. The lowest BCUT2D eigenvalue weighted by molar-refractivity contribution is 0.0971. The van der Waals surface area contributed by atoms with Gasteiger partial charge in [-0.2, -0.15) is 0 Å². The first-order valence-electron chi connectivity index (χ1n) is 6.19. The van der Waals surface area contributed by atoms with Gasteiger partial charge in [0.2, 0.25) is 11.8 Å². The lowest BCUT2D eigenvalue weighted by Crippen LogP contribution is -2.03. The third-order valence-corrected chi connectivity index (χ3v) is 2.88. The molecule has 0 unspecified atom stereocenters. The van der Waals surface area contributed by atoms with Crippen LogP contribution < -0.4 is 0 Å². The Labute approximate surface area is 114 Å². The van der Waals surface area contributed by atoms with Crippen molar-refractivity contribution in [1.82, 2.24) is 20.2 Å². The molecule has 100 valence electrons. The Hall–Kier alpha value is -2.76. The van der Waals surface area contributed by atoms with Crippen LogP contribution in [-0.2, 0) is 6.42 Å². The van der Waals surface area contributed by atoms with Crippen LogP contribution in [0.5, 0.6) is 0 Å². The smallest absolute Gasteiger partial charge is 0.239 e. The lowest BCUT2D eigenvalue weighted by Gasteiger charge is -1.93. The molecule has 1 aromatic carbocycles. The van der Waals surface area contributed by atoms with Gasteiger partial charge in [-0.05, 0) is 18.2 Å². The Morgan fingerprint density at radius 1 is 1.35 bits per heavy atom. The molecule has 0 saturated heterocycles. The van der Waals surface area contributed by atoms with Crippen LogP contribution in [0.3, 0.4) is 0 Å². The van der Waals surface area contributed by atoms with Crippen LogP contribution in [0, 0.1) is 0 Å². The van der Waals surface area contributed by atoms with E-state index in [2.05, 4.69) is 26.7 Å². The quantitative estimate of drug-likeness (QED) is 0.718. The predicted molar refractivity (Wildman–Crippen MR) is 73.1 cm³/mol. The van der Waals surface area contributed by atoms with Crippen molar-refractivity contribution < 1.29 is 9.21 Å². The monoisotopic (exact) mass is 268 g/mol. The van der Waals surface area contributed by atoms with E-state index < -0.39 is 0 Å². The number of nitrogens with zero attached hydrogens (tertiary/aromatic N) is 3. The molecule has 1 N–H and O–H groups in total. The molecular weight excluding hydrogens is 256 g/mol. The summed E-state index contributed by atoms with van der Waals surface area (Å²) in [6.07, 6.45) is 2.12. The number of carbonyl (C=O) groups excluding carboxylic acids is 1. The second kappa shape index (κ2) is 5.08. The first-order valence-corrected chi connectivity index (χ1v) is 6.19. The van der Waals surface area contributed by atoms with E-state index in [-0.39, 0.29) is 12.2 Å². The highest BCUT2D eigenvalue weighted by Crippen LogP contribution is 2.12. The second-order valence-corrected chi connectivity index (χ2v) is 4.26. The fourth-order valence-electron chi connectivity index (χ4n) is 1.87. The summed E-state index contributed by atoms with van der Waals surface area (Å²) in [5, 5.41) is 7.58. The standard InChI is InChI=1S/C14H12N4O2/c1-2-12-17-18-13(20-12)8-7-11(19)14-15-9-5-3-4-6-10(9)16-14/h2-6H,1,7-8H2,(H,15,16). The molecular formula is C14H12N4O2. The highest BCUT2D eigenvalue weighted by Gasteiger charge is 2.13. The minimum atomic E-state index is -0.0837. The minimum Gasteiger partial charge on any atom is -0.421 e. The third kappa shape index (κ3) is 2.35. The van der Waals surface area contributed by atoms with Crippen LogP contribution in [0.25, 0.3) is 17.1 Å². The number of aromatic nitrogens is 4. The number of aromatic amines is 1. The summed E-state index contributed by atoms with van der Waals surface area (Å²) in [6, 6.07) is 7.52. The lowest BCUT2D eigenvalue weighted by atomic mass is 10.2. The number of fused-ring (bicyclic) bond motifs is 1. The summed E-state index contributed by atoms with van der Waals surface area (Å²) in [5.74, 6) is 1.05. The summed E-state index contributed by atoms with van der Waals surface area (Å²) in [6.45, 7) is 3.53. The van der Waals surface area contributed by atoms with E-state index in [0.29, 0.717) is 24.0 Å². The van der Waals surface area contributed by atoms with Gasteiger partial charge in [0, 0.05) is 12.8 Å². The number of rotatable bonds is 5. The van der Waals surface area contributed by atoms with Crippen molar-refractivity contribution in [2.75, 3.05) is 0 Å². The Bertz CT molecular complexity index is 739. The van der Waals surface area contributed by atoms with Crippen molar-refractivity contribution in [2.24, 2.45) is 0 Å². The van der Waals surface area contributed by atoms with E-state index >= 15 is 0 Å². The maximum absolute atomic E-state index is 12.1. The molecule has 3 aromatic rings. The van der Waals surface area contributed by atoms with Gasteiger partial charge in [-0.3, -0.25) is 4.79 Å². The highest BCUT2D eigenvalue weighted by atomic mass is 16.4. The predicted octanol–water partition coefficient (Wildman–Crippen LogP) is 2.40. The zero-order valence-electron chi connectivity index (χ0n) is 10.7. The van der Waals surface area contributed by atoms with Crippen molar-refractivity contribution in [1.29, 1.82) is 0 Å². The van der Waals surface area contributed by atoms with Crippen LogP contribution in [0.2, 0.25) is 0 Å². The molecule has 6 nitrogen and oxygen atoms in total. The summed E-state index contributed by atoms with van der Waals surface area (Å²) >= 11 is 0. The number of aryl methyl sites for hydroxylation is 1. The number of imidazole rings is 1. The molecule has 0 aliphatic heterocycles. The molecule has 0 aliphatic carbocycles. The molecule has 2 heterocycles. The van der Waals surface area contributed by atoms with Gasteiger partial charge >= 0.3 is 0 Å². The van der Waals surface area contributed by atoms with Gasteiger partial charge in [-0.25, -0.2) is 4.98 Å². The number of ketones is 1. The number of hydrogen-bond acceptors (Lipinski definition) is 5. The van der Waals surface area contributed by atoms with Crippen molar-refractivity contribution in [3.05, 3.63) is 48.5 Å². The van der Waals surface area contributed by atoms with Crippen LogP contribution >= 0.6 is 0 Å². The second-order valence-electron chi connectivity index (χ2n) is 4.26. The molecule has 20 heavy (non-hydrogen) atoms. The maximum atomic E-state index is 12.1. The van der Waals surface area contributed by atoms with E-state index in [9.17, 15) is 4.79 Å². The molecule has 0 aliphatic rings. The highest BCUT2D eigenvalue weighted by molar-refractivity contribution is 5.95. The zero-order chi connectivity index (χ0) is 13.9. The average molecular weight is 268 g/mol. The van der Waals surface area contributed by atoms with Crippen molar-refractivity contribution in [2.45, 2.75) is 12.8 Å². The van der Waals surface area contributed by atoms with Gasteiger partial charge in [0.1, 0.15) is 0 Å². The van der Waals surface area contributed by atoms with Gasteiger partial charge in [-0.1, -0.05) is 18.7 Å². The van der Waals surface area contributed by atoms with Crippen molar-refractivity contribution in [3.8, 4) is 0 Å². The summed E-state index contributed by atoms with van der Waals surface area (Å²) < 4.78 is 5.25. The number of H-pyrrole nitrogens is 1. The van der Waals surface area contributed by atoms with Crippen molar-refractivity contribution in [3.63, 3.8) is 0 Å². The molecule has 3 rings (SSSR count). The maximum Gasteiger partial charge on any atom is 0.239 e. The number of nitrogens with one attached hydrogen (secondary N) is 1. The van der Waals surface area contributed by atoms with E-state index in [0.717, 1.165) is 11.0 Å². The molecule has 0 fully saturated rings. The number of benzene rings is 1. The summed E-state index contributed by atoms with van der Waals surface area (Å²) in [5.41, 5.74) is 1.63. The van der Waals surface area contributed by atoms with E-state index in [4.69, 9.17) is 4.42 Å². The Kier molecular flexibility index (Phi) is 3.12. The molecule has 0 amide bonds. The largest absolute Gasteiger partial charge is 0.421 e. The van der Waals surface area contributed by atoms with Gasteiger partial charge in [0.15, 0.2) is 11.6 Å². The molecule has 0 bridgehead atoms. The van der Waals surface area contributed by atoms with Crippen molar-refractivity contribution >= 4 is 22.9 Å². The van der Waals surface area contributed by atoms with E-state index in [1.54, 1.807) is 0 Å². The minimum absolute atomic E-state index is 0.0837. The van der Waals surface area contributed by atoms with Gasteiger partial charge in [-0.15, -0.1) is 10.2 Å². The first-order chi connectivity index (χ1) is 9.76. The van der Waals surface area contributed by atoms with Crippen LogP contribution in [0.4, 0.5) is 0 Å². The van der Waals surface area contributed by atoms with E-state index in [1.165, 1.54) is 6.08 Å². The van der Waals surface area contributed by atoms with Crippen LogP contribution in [-0.4, -0.2) is 25.9 Å². The number of carbonyl (C=O) groups is 1. The van der Waals surface area contributed by atoms with Gasteiger partial charge in [0.05, 0.1) is 11.0 Å². The zero-order valence-corrected chi connectivity index (χ0v) is 10.7. The molecule has 0 saturated carbocycles. The molecule has 0 radical (unpaired) electrons. The third-order valence-electron chi connectivity index (χ3n) is 2.88. The molecule has 6 heteroatoms. The fourth-order valence-corrected chi connectivity index (χ4v) is 1.87. The number of para-hydroxylation sites is 2. The Balaban J connectivity index is 1.71. The molecule has 2 aromatic heterocycles. The number of hydrogen-bond donors (Lipinski definition) is 1.